The van der Waals surface area contributed by atoms with Crippen molar-refractivity contribution in [3.8, 4) is 5.75 Å². The highest BCUT2D eigenvalue weighted by Crippen LogP contribution is 2.36. The van der Waals surface area contributed by atoms with E-state index in [2.05, 4.69) is 22.6 Å². The SMILES string of the molecule is O=C1S/C(=C\c2cc(I)cc(I)c2O)C(=O)N1Cc1ccc2ccccc2c1. The molecule has 1 fully saturated rings. The van der Waals surface area contributed by atoms with Crippen molar-refractivity contribution in [1.82, 2.24) is 4.90 Å². The topological polar surface area (TPSA) is 57.6 Å². The average molecular weight is 613 g/mol. The van der Waals surface area contributed by atoms with Crippen LogP contribution in [-0.4, -0.2) is 21.2 Å². The van der Waals surface area contributed by atoms with Crippen molar-refractivity contribution >= 4 is 84.9 Å². The molecule has 1 heterocycles. The van der Waals surface area contributed by atoms with Crippen molar-refractivity contribution in [3.05, 3.63) is 77.8 Å². The van der Waals surface area contributed by atoms with E-state index in [1.807, 2.05) is 71.1 Å². The number of imide groups is 1. The van der Waals surface area contributed by atoms with E-state index in [1.165, 1.54) is 4.90 Å². The highest BCUT2D eigenvalue weighted by atomic mass is 127. The van der Waals surface area contributed by atoms with Crippen molar-refractivity contribution in [2.24, 2.45) is 0 Å². The first-order chi connectivity index (χ1) is 13.4. The molecule has 0 radical (unpaired) electrons. The molecular weight excluding hydrogens is 600 g/mol. The van der Waals surface area contributed by atoms with Crippen LogP contribution in [0.5, 0.6) is 5.75 Å². The molecule has 4 rings (SSSR count). The molecule has 1 aliphatic rings. The number of rotatable bonds is 3. The average Bonchev–Trinajstić information content (AvgIpc) is 2.93. The Morgan fingerprint density at radius 3 is 2.54 bits per heavy atom. The predicted molar refractivity (Wildman–Crippen MR) is 129 cm³/mol. The molecule has 0 aliphatic carbocycles. The largest absolute Gasteiger partial charge is 0.506 e. The van der Waals surface area contributed by atoms with Gasteiger partial charge in [0.1, 0.15) is 5.75 Å². The number of carbonyl (C=O) groups is 2. The molecule has 0 bridgehead atoms. The van der Waals surface area contributed by atoms with Crippen LogP contribution in [0, 0.1) is 7.14 Å². The molecule has 3 aromatic rings. The van der Waals surface area contributed by atoms with Gasteiger partial charge in [-0.25, -0.2) is 0 Å². The Labute approximate surface area is 193 Å². The summed E-state index contributed by atoms with van der Waals surface area (Å²) in [6, 6.07) is 17.5. The second-order valence-electron chi connectivity index (χ2n) is 6.27. The van der Waals surface area contributed by atoms with Gasteiger partial charge in [-0.05, 0) is 97.6 Å². The van der Waals surface area contributed by atoms with Crippen LogP contribution in [0.15, 0.2) is 59.5 Å². The highest BCUT2D eigenvalue weighted by molar-refractivity contribution is 14.1. The number of nitrogens with zero attached hydrogens (tertiary/aromatic N) is 1. The summed E-state index contributed by atoms with van der Waals surface area (Å²) in [4.78, 5) is 26.8. The molecular formula is C21H13I2NO3S. The second-order valence-corrected chi connectivity index (χ2v) is 9.68. The van der Waals surface area contributed by atoms with E-state index in [9.17, 15) is 14.7 Å². The molecule has 0 unspecified atom stereocenters. The van der Waals surface area contributed by atoms with Crippen LogP contribution in [0.2, 0.25) is 0 Å². The van der Waals surface area contributed by atoms with Crippen molar-refractivity contribution in [2.75, 3.05) is 0 Å². The van der Waals surface area contributed by atoms with Gasteiger partial charge in [-0.2, -0.15) is 0 Å². The van der Waals surface area contributed by atoms with E-state index in [4.69, 9.17) is 0 Å². The molecule has 140 valence electrons. The molecule has 1 aliphatic heterocycles. The molecule has 1 saturated heterocycles. The van der Waals surface area contributed by atoms with Crippen LogP contribution in [0.4, 0.5) is 4.79 Å². The fourth-order valence-corrected chi connectivity index (χ4v) is 5.71. The number of thioether (sulfide) groups is 1. The van der Waals surface area contributed by atoms with E-state index in [1.54, 1.807) is 12.1 Å². The first-order valence-electron chi connectivity index (χ1n) is 8.33. The zero-order valence-corrected chi connectivity index (χ0v) is 19.5. The van der Waals surface area contributed by atoms with Gasteiger partial charge in [0.25, 0.3) is 11.1 Å². The molecule has 0 saturated carbocycles. The third-order valence-corrected chi connectivity index (χ3v) is 6.72. The Bertz CT molecular complexity index is 1160. The highest BCUT2D eigenvalue weighted by Gasteiger charge is 2.35. The lowest BCUT2D eigenvalue weighted by atomic mass is 10.1. The van der Waals surface area contributed by atoms with Gasteiger partial charge in [0.2, 0.25) is 0 Å². The number of carbonyl (C=O) groups excluding carboxylic acids is 2. The number of halogens is 2. The van der Waals surface area contributed by atoms with Gasteiger partial charge < -0.3 is 5.11 Å². The maximum Gasteiger partial charge on any atom is 0.293 e. The number of phenols is 1. The monoisotopic (exact) mass is 613 g/mol. The zero-order valence-electron chi connectivity index (χ0n) is 14.4. The summed E-state index contributed by atoms with van der Waals surface area (Å²) in [7, 11) is 0. The summed E-state index contributed by atoms with van der Waals surface area (Å²) in [5.41, 5.74) is 1.43. The Kier molecular flexibility index (Phi) is 5.66. The summed E-state index contributed by atoms with van der Waals surface area (Å²) in [5.74, 6) is -0.223. The van der Waals surface area contributed by atoms with Crippen LogP contribution in [0.3, 0.4) is 0 Å². The summed E-state index contributed by atoms with van der Waals surface area (Å²) < 4.78 is 1.65. The number of hydrogen-bond donors (Lipinski definition) is 1. The van der Waals surface area contributed by atoms with Gasteiger partial charge in [0.05, 0.1) is 15.0 Å². The third-order valence-electron chi connectivity index (χ3n) is 4.37. The first-order valence-corrected chi connectivity index (χ1v) is 11.3. The van der Waals surface area contributed by atoms with Crippen LogP contribution < -0.4 is 0 Å². The molecule has 2 amide bonds. The van der Waals surface area contributed by atoms with Crippen molar-refractivity contribution in [1.29, 1.82) is 0 Å². The maximum atomic E-state index is 12.8. The van der Waals surface area contributed by atoms with Gasteiger partial charge in [-0.1, -0.05) is 36.4 Å². The Hall–Kier alpha value is -1.59. The zero-order chi connectivity index (χ0) is 19.8. The Balaban J connectivity index is 1.62. The Morgan fingerprint density at radius 2 is 1.75 bits per heavy atom. The van der Waals surface area contributed by atoms with Gasteiger partial charge >= 0.3 is 0 Å². The lowest BCUT2D eigenvalue weighted by Crippen LogP contribution is -2.27. The van der Waals surface area contributed by atoms with Gasteiger partial charge in [-0.15, -0.1) is 0 Å². The molecule has 7 heteroatoms. The maximum absolute atomic E-state index is 12.8. The molecule has 0 spiro atoms. The number of aromatic hydroxyl groups is 1. The lowest BCUT2D eigenvalue weighted by molar-refractivity contribution is -0.123. The summed E-state index contributed by atoms with van der Waals surface area (Å²) in [5, 5.41) is 12.1. The fourth-order valence-electron chi connectivity index (χ4n) is 2.99. The minimum Gasteiger partial charge on any atom is -0.506 e. The molecule has 4 nitrogen and oxygen atoms in total. The molecule has 1 N–H and O–H groups in total. The quantitative estimate of drug-likeness (QED) is 0.292. The Morgan fingerprint density at radius 1 is 1.00 bits per heavy atom. The van der Waals surface area contributed by atoms with Crippen LogP contribution in [0.25, 0.3) is 16.8 Å². The van der Waals surface area contributed by atoms with Gasteiger partial charge in [-0.3, -0.25) is 14.5 Å². The minimum atomic E-state index is -0.337. The second kappa shape index (κ2) is 8.03. The smallest absolute Gasteiger partial charge is 0.293 e. The van der Waals surface area contributed by atoms with E-state index in [-0.39, 0.29) is 23.4 Å². The third kappa shape index (κ3) is 3.92. The van der Waals surface area contributed by atoms with E-state index >= 15 is 0 Å². The van der Waals surface area contributed by atoms with E-state index in [0.717, 1.165) is 31.7 Å². The van der Waals surface area contributed by atoms with E-state index in [0.29, 0.717) is 14.0 Å². The number of hydrogen-bond acceptors (Lipinski definition) is 4. The number of fused-ring (bicyclic) bond motifs is 1. The summed E-state index contributed by atoms with van der Waals surface area (Å²) in [6.07, 6.45) is 1.59. The number of benzene rings is 3. The first kappa shape index (κ1) is 19.7. The van der Waals surface area contributed by atoms with Gasteiger partial charge in [0.15, 0.2) is 0 Å². The molecule has 28 heavy (non-hydrogen) atoms. The normalized spacial score (nSPS) is 15.8. The number of amides is 2. The number of phenolic OH excluding ortho intramolecular Hbond substituents is 1. The van der Waals surface area contributed by atoms with Crippen molar-refractivity contribution < 1.29 is 14.7 Å². The van der Waals surface area contributed by atoms with E-state index < -0.39 is 0 Å². The molecule has 0 aromatic heterocycles. The van der Waals surface area contributed by atoms with Crippen molar-refractivity contribution in [2.45, 2.75) is 6.54 Å². The molecule has 0 atom stereocenters. The fraction of sp³-hybridized carbons (Fsp3) is 0.0476. The van der Waals surface area contributed by atoms with Crippen LogP contribution in [-0.2, 0) is 11.3 Å². The lowest BCUT2D eigenvalue weighted by Gasteiger charge is -2.13. The summed E-state index contributed by atoms with van der Waals surface area (Å²) in [6.45, 7) is 0.225. The predicted octanol–water partition coefficient (Wildman–Crippen LogP) is 5.99. The minimum absolute atomic E-state index is 0.113. The van der Waals surface area contributed by atoms with Crippen molar-refractivity contribution in [3.63, 3.8) is 0 Å². The van der Waals surface area contributed by atoms with Crippen LogP contribution in [0.1, 0.15) is 11.1 Å². The van der Waals surface area contributed by atoms with Gasteiger partial charge in [0, 0.05) is 9.13 Å². The van der Waals surface area contributed by atoms with Crippen LogP contribution >= 0.6 is 56.9 Å². The summed E-state index contributed by atoms with van der Waals surface area (Å²) >= 11 is 5.10. The molecule has 3 aromatic carbocycles. The standard InChI is InChI=1S/C21H13I2NO3S/c22-16-8-15(19(25)17(23)10-16)9-18-20(26)24(21(27)28-18)11-12-5-6-13-3-1-2-4-14(13)7-12/h1-10,25H,11H2/b18-9-.